The standard InChI is InChI=1S/C19H18FN3O3/c1-12(13-7-8-18(26-2)15(20)9-13)22-19(25)11-23-16-6-4-3-5-14(16)17(24)10-21-23/h3-10,12H,11H2,1-2H3,(H,22,25)/t12-/m1/s1. The molecule has 0 spiro atoms. The number of aromatic nitrogens is 2. The summed E-state index contributed by atoms with van der Waals surface area (Å²) in [4.78, 5) is 24.2. The van der Waals surface area contributed by atoms with E-state index in [4.69, 9.17) is 4.74 Å². The van der Waals surface area contributed by atoms with Gasteiger partial charge in [-0.05, 0) is 36.8 Å². The van der Waals surface area contributed by atoms with Crippen LogP contribution >= 0.6 is 0 Å². The molecule has 3 aromatic rings. The predicted octanol–water partition coefficient (Wildman–Crippen LogP) is 2.42. The molecule has 0 fully saturated rings. The molecule has 134 valence electrons. The summed E-state index contributed by atoms with van der Waals surface area (Å²) < 4.78 is 20.2. The summed E-state index contributed by atoms with van der Waals surface area (Å²) in [7, 11) is 1.39. The SMILES string of the molecule is COc1ccc([C@@H](C)NC(=O)Cn2ncc(=O)c3ccccc32)cc1F. The minimum Gasteiger partial charge on any atom is -0.494 e. The van der Waals surface area contributed by atoms with Gasteiger partial charge in [0, 0.05) is 5.39 Å². The summed E-state index contributed by atoms with van der Waals surface area (Å²) in [6, 6.07) is 11.1. The fraction of sp³-hybridized carbons (Fsp3) is 0.211. The van der Waals surface area contributed by atoms with E-state index >= 15 is 0 Å². The lowest BCUT2D eigenvalue weighted by atomic mass is 10.1. The van der Waals surface area contributed by atoms with Crippen molar-refractivity contribution in [3.8, 4) is 5.75 Å². The topological polar surface area (TPSA) is 73.2 Å². The minimum absolute atomic E-state index is 0.0518. The number of carbonyl (C=O) groups excluding carboxylic acids is 1. The van der Waals surface area contributed by atoms with Crippen LogP contribution in [0.3, 0.4) is 0 Å². The first kappa shape index (κ1) is 17.6. The van der Waals surface area contributed by atoms with Crippen molar-refractivity contribution in [3.63, 3.8) is 0 Å². The molecule has 7 heteroatoms. The number of para-hydroxylation sites is 1. The van der Waals surface area contributed by atoms with E-state index in [1.807, 2.05) is 0 Å². The first-order valence-corrected chi connectivity index (χ1v) is 8.07. The summed E-state index contributed by atoms with van der Waals surface area (Å²) in [5.74, 6) is -0.634. The molecule has 26 heavy (non-hydrogen) atoms. The summed E-state index contributed by atoms with van der Waals surface area (Å²) in [5, 5.41) is 7.33. The highest BCUT2D eigenvalue weighted by atomic mass is 19.1. The summed E-state index contributed by atoms with van der Waals surface area (Å²) in [6.45, 7) is 1.71. The molecule has 0 saturated heterocycles. The van der Waals surface area contributed by atoms with Gasteiger partial charge in [-0.15, -0.1) is 0 Å². The van der Waals surface area contributed by atoms with Gasteiger partial charge in [-0.3, -0.25) is 14.3 Å². The van der Waals surface area contributed by atoms with E-state index in [0.29, 0.717) is 16.5 Å². The van der Waals surface area contributed by atoms with Gasteiger partial charge in [0.05, 0.1) is 24.9 Å². The highest BCUT2D eigenvalue weighted by Crippen LogP contribution is 2.21. The monoisotopic (exact) mass is 355 g/mol. The highest BCUT2D eigenvalue weighted by molar-refractivity contribution is 5.81. The number of ether oxygens (including phenoxy) is 1. The van der Waals surface area contributed by atoms with Crippen LogP contribution in [0.4, 0.5) is 4.39 Å². The van der Waals surface area contributed by atoms with Crippen LogP contribution in [0.2, 0.25) is 0 Å². The average Bonchev–Trinajstić information content (AvgIpc) is 2.64. The van der Waals surface area contributed by atoms with Gasteiger partial charge in [0.15, 0.2) is 11.6 Å². The maximum absolute atomic E-state index is 13.8. The largest absolute Gasteiger partial charge is 0.494 e. The molecule has 6 nitrogen and oxygen atoms in total. The fourth-order valence-electron chi connectivity index (χ4n) is 2.75. The van der Waals surface area contributed by atoms with E-state index in [9.17, 15) is 14.0 Å². The van der Waals surface area contributed by atoms with Crippen LogP contribution in [0, 0.1) is 5.82 Å². The van der Waals surface area contributed by atoms with Crippen LogP contribution in [0.25, 0.3) is 10.9 Å². The molecule has 0 radical (unpaired) electrons. The zero-order valence-electron chi connectivity index (χ0n) is 14.4. The minimum atomic E-state index is -0.487. The number of hydrogen-bond donors (Lipinski definition) is 1. The molecule has 3 rings (SSSR count). The predicted molar refractivity (Wildman–Crippen MR) is 95.5 cm³/mol. The van der Waals surface area contributed by atoms with E-state index in [1.54, 1.807) is 37.3 Å². The molecule has 1 aromatic heterocycles. The van der Waals surface area contributed by atoms with Crippen LogP contribution in [0.1, 0.15) is 18.5 Å². The third-order valence-electron chi connectivity index (χ3n) is 4.11. The van der Waals surface area contributed by atoms with Crippen molar-refractivity contribution in [3.05, 3.63) is 70.3 Å². The first-order valence-electron chi connectivity index (χ1n) is 8.07. The number of nitrogens with zero attached hydrogens (tertiary/aromatic N) is 2. The Kier molecular flexibility index (Phi) is 4.97. The number of rotatable bonds is 5. The van der Waals surface area contributed by atoms with Crippen LogP contribution in [0.15, 0.2) is 53.5 Å². The van der Waals surface area contributed by atoms with Gasteiger partial charge in [-0.2, -0.15) is 5.10 Å². The molecule has 0 aliphatic carbocycles. The second-order valence-corrected chi connectivity index (χ2v) is 5.87. The lowest BCUT2D eigenvalue weighted by Crippen LogP contribution is -2.31. The van der Waals surface area contributed by atoms with Crippen molar-refractivity contribution in [2.75, 3.05) is 7.11 Å². The van der Waals surface area contributed by atoms with Crippen molar-refractivity contribution < 1.29 is 13.9 Å². The second-order valence-electron chi connectivity index (χ2n) is 5.87. The molecule has 0 aliphatic heterocycles. The normalized spacial score (nSPS) is 12.0. The third-order valence-corrected chi connectivity index (χ3v) is 4.11. The Balaban J connectivity index is 1.76. The van der Waals surface area contributed by atoms with E-state index in [1.165, 1.54) is 30.1 Å². The zero-order valence-corrected chi connectivity index (χ0v) is 14.4. The van der Waals surface area contributed by atoms with Gasteiger partial charge in [-0.25, -0.2) is 4.39 Å². The van der Waals surface area contributed by atoms with Crippen molar-refractivity contribution in [1.29, 1.82) is 0 Å². The summed E-state index contributed by atoms with van der Waals surface area (Å²) in [5.41, 5.74) is 1.01. The smallest absolute Gasteiger partial charge is 0.242 e. The fourth-order valence-corrected chi connectivity index (χ4v) is 2.75. The number of benzene rings is 2. The van der Waals surface area contributed by atoms with Crippen LogP contribution in [0.5, 0.6) is 5.75 Å². The Morgan fingerprint density at radius 3 is 2.81 bits per heavy atom. The Labute approximate surface area is 149 Å². The lowest BCUT2D eigenvalue weighted by Gasteiger charge is -2.16. The van der Waals surface area contributed by atoms with Crippen LogP contribution < -0.4 is 15.5 Å². The Morgan fingerprint density at radius 2 is 2.08 bits per heavy atom. The molecule has 2 aromatic carbocycles. The molecular weight excluding hydrogens is 337 g/mol. The molecule has 0 bridgehead atoms. The summed E-state index contributed by atoms with van der Waals surface area (Å²) >= 11 is 0. The van der Waals surface area contributed by atoms with Crippen molar-refractivity contribution in [1.82, 2.24) is 15.1 Å². The van der Waals surface area contributed by atoms with Gasteiger partial charge < -0.3 is 10.1 Å². The maximum atomic E-state index is 13.8. The van der Waals surface area contributed by atoms with Crippen molar-refractivity contribution in [2.24, 2.45) is 0 Å². The second kappa shape index (κ2) is 7.35. The zero-order chi connectivity index (χ0) is 18.7. The van der Waals surface area contributed by atoms with Gasteiger partial charge in [0.2, 0.25) is 11.3 Å². The van der Waals surface area contributed by atoms with E-state index in [-0.39, 0.29) is 23.6 Å². The molecular formula is C19H18FN3O3. The number of fused-ring (bicyclic) bond motifs is 1. The average molecular weight is 355 g/mol. The Morgan fingerprint density at radius 1 is 1.31 bits per heavy atom. The van der Waals surface area contributed by atoms with Crippen molar-refractivity contribution >= 4 is 16.8 Å². The molecule has 1 heterocycles. The quantitative estimate of drug-likeness (QED) is 0.763. The van der Waals surface area contributed by atoms with Crippen molar-refractivity contribution in [2.45, 2.75) is 19.5 Å². The molecule has 1 amide bonds. The number of nitrogens with one attached hydrogen (secondary N) is 1. The number of hydrogen-bond acceptors (Lipinski definition) is 4. The maximum Gasteiger partial charge on any atom is 0.242 e. The molecule has 0 saturated carbocycles. The van der Waals surface area contributed by atoms with Crippen LogP contribution in [-0.2, 0) is 11.3 Å². The lowest BCUT2D eigenvalue weighted by molar-refractivity contribution is -0.122. The Bertz CT molecular complexity index is 1020. The Hall–Kier alpha value is -3.22. The number of halogens is 1. The molecule has 1 atom stereocenters. The molecule has 1 N–H and O–H groups in total. The number of amides is 1. The van der Waals surface area contributed by atoms with E-state index in [2.05, 4.69) is 10.4 Å². The van der Waals surface area contributed by atoms with Gasteiger partial charge >= 0.3 is 0 Å². The van der Waals surface area contributed by atoms with Gasteiger partial charge in [-0.1, -0.05) is 18.2 Å². The number of methoxy groups -OCH3 is 1. The van der Waals surface area contributed by atoms with Gasteiger partial charge in [0.1, 0.15) is 6.54 Å². The molecule has 0 unspecified atom stereocenters. The molecule has 0 aliphatic rings. The van der Waals surface area contributed by atoms with Gasteiger partial charge in [0.25, 0.3) is 0 Å². The van der Waals surface area contributed by atoms with Crippen LogP contribution in [-0.4, -0.2) is 22.8 Å². The van der Waals surface area contributed by atoms with E-state index in [0.717, 1.165) is 0 Å². The first-order chi connectivity index (χ1) is 12.5. The van der Waals surface area contributed by atoms with E-state index < -0.39 is 11.9 Å². The summed E-state index contributed by atoms with van der Waals surface area (Å²) in [6.07, 6.45) is 1.19. The number of carbonyl (C=O) groups is 1. The highest BCUT2D eigenvalue weighted by Gasteiger charge is 2.14. The third kappa shape index (κ3) is 3.56.